The zero-order valence-corrected chi connectivity index (χ0v) is 16.6. The van der Waals surface area contributed by atoms with Crippen molar-refractivity contribution in [1.29, 1.82) is 0 Å². The number of carbonyl (C=O) groups is 2. The Morgan fingerprint density at radius 3 is 2.36 bits per heavy atom. The highest BCUT2D eigenvalue weighted by Gasteiger charge is 2.26. The van der Waals surface area contributed by atoms with Gasteiger partial charge in [0.15, 0.2) is 0 Å². The second-order valence-corrected chi connectivity index (χ2v) is 8.53. The van der Waals surface area contributed by atoms with E-state index in [1.54, 1.807) is 55.6 Å². The van der Waals surface area contributed by atoms with Crippen LogP contribution in [0.3, 0.4) is 0 Å². The molecule has 0 aromatic heterocycles. The Balaban J connectivity index is 1.85. The van der Waals surface area contributed by atoms with Crippen molar-refractivity contribution >= 4 is 33.3 Å². The lowest BCUT2D eigenvalue weighted by Crippen LogP contribution is -2.37. The van der Waals surface area contributed by atoms with Crippen molar-refractivity contribution in [3.8, 4) is 0 Å². The van der Waals surface area contributed by atoms with Crippen LogP contribution < -0.4 is 9.21 Å². The Morgan fingerprint density at radius 1 is 1.04 bits per heavy atom. The van der Waals surface area contributed by atoms with Crippen molar-refractivity contribution in [2.45, 2.75) is 12.8 Å². The van der Waals surface area contributed by atoms with E-state index in [-0.39, 0.29) is 17.2 Å². The summed E-state index contributed by atoms with van der Waals surface area (Å²) in [5, 5.41) is 0. The van der Waals surface area contributed by atoms with Crippen LogP contribution in [-0.4, -0.2) is 46.7 Å². The fourth-order valence-corrected chi connectivity index (χ4v) is 4.84. The Bertz CT molecular complexity index is 986. The molecule has 7 nitrogen and oxygen atoms in total. The summed E-state index contributed by atoms with van der Waals surface area (Å²) in [6.07, 6.45) is 1.48. The number of sulfonamides is 1. The van der Waals surface area contributed by atoms with Crippen LogP contribution in [0.5, 0.6) is 0 Å². The number of hydrogen-bond acceptors (Lipinski definition) is 5. The second-order valence-electron chi connectivity index (χ2n) is 6.52. The lowest BCUT2D eigenvalue weighted by molar-refractivity contribution is 0.0601. The van der Waals surface area contributed by atoms with Gasteiger partial charge in [0.2, 0.25) is 10.0 Å². The predicted octanol–water partition coefficient (Wildman–Crippen LogP) is 2.68. The highest BCUT2D eigenvalue weighted by Crippen LogP contribution is 2.26. The van der Waals surface area contributed by atoms with E-state index in [0.717, 1.165) is 6.42 Å². The summed E-state index contributed by atoms with van der Waals surface area (Å²) in [6.45, 7) is 0.446. The van der Waals surface area contributed by atoms with Crippen LogP contribution in [0.25, 0.3) is 0 Å². The van der Waals surface area contributed by atoms with Crippen LogP contribution >= 0.6 is 0 Å². The number of nitrogens with zero attached hydrogens (tertiary/aromatic N) is 2. The molecule has 0 N–H and O–H groups in total. The van der Waals surface area contributed by atoms with Crippen molar-refractivity contribution in [3.63, 3.8) is 0 Å². The lowest BCUT2D eigenvalue weighted by Gasteiger charge is -2.28. The Morgan fingerprint density at radius 2 is 1.71 bits per heavy atom. The Hall–Kier alpha value is -2.87. The van der Waals surface area contributed by atoms with Gasteiger partial charge in [0, 0.05) is 19.2 Å². The summed E-state index contributed by atoms with van der Waals surface area (Å²) in [5.41, 5.74) is 1.66. The van der Waals surface area contributed by atoms with Crippen molar-refractivity contribution < 1.29 is 22.7 Å². The van der Waals surface area contributed by atoms with Gasteiger partial charge in [-0.25, -0.2) is 13.2 Å². The number of methoxy groups -OCH3 is 1. The number of esters is 1. The standard InChI is InChI=1S/C20H22N2O5S/c1-21(18-8-4-3-7-17(18)20(24)27-2)19(23)15-9-11-16(12-10-15)22-13-5-6-14-28(22,25)26/h3-4,7-12H,5-6,13-14H2,1-2H3. The molecule has 2 aromatic carbocycles. The smallest absolute Gasteiger partial charge is 0.339 e. The van der Waals surface area contributed by atoms with Gasteiger partial charge >= 0.3 is 5.97 Å². The number of rotatable bonds is 4. The van der Waals surface area contributed by atoms with Gasteiger partial charge in [-0.15, -0.1) is 0 Å². The zero-order chi connectivity index (χ0) is 20.3. The maximum Gasteiger partial charge on any atom is 0.339 e. The monoisotopic (exact) mass is 402 g/mol. The number of para-hydroxylation sites is 1. The van der Waals surface area contributed by atoms with Crippen LogP contribution in [0.4, 0.5) is 11.4 Å². The number of ether oxygens (including phenoxy) is 1. The molecule has 8 heteroatoms. The minimum atomic E-state index is -3.30. The average Bonchev–Trinajstić information content (AvgIpc) is 2.72. The number of anilines is 2. The number of amides is 1. The molecule has 1 amide bonds. The van der Waals surface area contributed by atoms with E-state index in [1.165, 1.54) is 16.3 Å². The normalized spacial score (nSPS) is 15.7. The molecule has 148 valence electrons. The van der Waals surface area contributed by atoms with Gasteiger partial charge in [0.1, 0.15) is 0 Å². The molecule has 28 heavy (non-hydrogen) atoms. The van der Waals surface area contributed by atoms with Gasteiger partial charge < -0.3 is 9.64 Å². The highest BCUT2D eigenvalue weighted by molar-refractivity contribution is 7.92. The first-order valence-corrected chi connectivity index (χ1v) is 10.5. The van der Waals surface area contributed by atoms with Gasteiger partial charge in [-0.2, -0.15) is 0 Å². The Labute approximate surface area is 164 Å². The molecule has 1 aliphatic rings. The summed E-state index contributed by atoms with van der Waals surface area (Å²) in [4.78, 5) is 26.2. The molecule has 0 atom stereocenters. The molecule has 1 fully saturated rings. The predicted molar refractivity (Wildman–Crippen MR) is 107 cm³/mol. The minimum absolute atomic E-state index is 0.140. The molecule has 3 rings (SSSR count). The van der Waals surface area contributed by atoms with Crippen LogP contribution in [0.15, 0.2) is 48.5 Å². The minimum Gasteiger partial charge on any atom is -0.465 e. The molecule has 1 saturated heterocycles. The first-order chi connectivity index (χ1) is 13.3. The molecule has 2 aromatic rings. The molecule has 0 bridgehead atoms. The number of carbonyl (C=O) groups excluding carboxylic acids is 2. The summed E-state index contributed by atoms with van der Waals surface area (Å²) in [6, 6.07) is 13.1. The number of hydrogen-bond donors (Lipinski definition) is 0. The van der Waals surface area contributed by atoms with E-state index >= 15 is 0 Å². The largest absolute Gasteiger partial charge is 0.465 e. The molecule has 1 aliphatic heterocycles. The van der Waals surface area contributed by atoms with E-state index < -0.39 is 16.0 Å². The van der Waals surface area contributed by atoms with E-state index in [0.29, 0.717) is 29.9 Å². The molecule has 1 heterocycles. The van der Waals surface area contributed by atoms with Gasteiger partial charge in [0.05, 0.1) is 29.8 Å². The molecular weight excluding hydrogens is 380 g/mol. The van der Waals surface area contributed by atoms with Gasteiger partial charge in [0.25, 0.3) is 5.91 Å². The summed E-state index contributed by atoms with van der Waals surface area (Å²) >= 11 is 0. The van der Waals surface area contributed by atoms with E-state index in [4.69, 9.17) is 4.74 Å². The second kappa shape index (κ2) is 8.02. The first-order valence-electron chi connectivity index (χ1n) is 8.91. The molecule has 0 spiro atoms. The maximum atomic E-state index is 12.9. The van der Waals surface area contributed by atoms with E-state index in [9.17, 15) is 18.0 Å². The van der Waals surface area contributed by atoms with Gasteiger partial charge in [-0.3, -0.25) is 9.10 Å². The fraction of sp³-hybridized carbons (Fsp3) is 0.300. The maximum absolute atomic E-state index is 12.9. The molecular formula is C20H22N2O5S. The lowest BCUT2D eigenvalue weighted by atomic mass is 10.1. The zero-order valence-electron chi connectivity index (χ0n) is 15.8. The van der Waals surface area contributed by atoms with Crippen LogP contribution in [0.1, 0.15) is 33.6 Å². The van der Waals surface area contributed by atoms with Crippen molar-refractivity contribution in [1.82, 2.24) is 0 Å². The van der Waals surface area contributed by atoms with Gasteiger partial charge in [-0.1, -0.05) is 12.1 Å². The van der Waals surface area contributed by atoms with Crippen LogP contribution in [-0.2, 0) is 14.8 Å². The summed E-state index contributed by atoms with van der Waals surface area (Å²) in [7, 11) is -0.438. The van der Waals surface area contributed by atoms with E-state index in [2.05, 4.69) is 0 Å². The van der Waals surface area contributed by atoms with Crippen molar-refractivity contribution in [2.75, 3.05) is 35.7 Å². The third-order valence-corrected chi connectivity index (χ3v) is 6.60. The molecule has 0 saturated carbocycles. The third-order valence-electron chi connectivity index (χ3n) is 4.73. The van der Waals surface area contributed by atoms with Crippen LogP contribution in [0, 0.1) is 0 Å². The first kappa shape index (κ1) is 19.9. The van der Waals surface area contributed by atoms with Crippen molar-refractivity contribution in [2.24, 2.45) is 0 Å². The van der Waals surface area contributed by atoms with E-state index in [1.807, 2.05) is 0 Å². The van der Waals surface area contributed by atoms with Gasteiger partial charge in [-0.05, 0) is 49.2 Å². The molecule has 0 aliphatic carbocycles. The molecule has 0 radical (unpaired) electrons. The summed E-state index contributed by atoms with van der Waals surface area (Å²) < 4.78 is 30.6. The fourth-order valence-electron chi connectivity index (χ4n) is 3.20. The van der Waals surface area contributed by atoms with Crippen molar-refractivity contribution in [3.05, 3.63) is 59.7 Å². The van der Waals surface area contributed by atoms with Crippen LogP contribution in [0.2, 0.25) is 0 Å². The number of benzene rings is 2. The average molecular weight is 402 g/mol. The quantitative estimate of drug-likeness (QED) is 0.734. The highest BCUT2D eigenvalue weighted by atomic mass is 32.2. The SMILES string of the molecule is COC(=O)c1ccccc1N(C)C(=O)c1ccc(N2CCCCS2(=O)=O)cc1. The Kier molecular flexibility index (Phi) is 5.69. The molecule has 0 unspecified atom stereocenters. The summed E-state index contributed by atoms with van der Waals surface area (Å²) in [5.74, 6) is -0.703. The third kappa shape index (κ3) is 3.87. The topological polar surface area (TPSA) is 84.0 Å².